The number of carbonyl (C=O) groups is 3. The number of fused-ring (bicyclic) bond motifs is 1. The maximum absolute atomic E-state index is 12.3. The topological polar surface area (TPSA) is 102 Å². The summed E-state index contributed by atoms with van der Waals surface area (Å²) >= 11 is 1.36. The van der Waals surface area contributed by atoms with Crippen LogP contribution >= 0.6 is 11.3 Å². The molecule has 1 atom stereocenters. The Balaban J connectivity index is 1.66. The van der Waals surface area contributed by atoms with Gasteiger partial charge in [0, 0.05) is 4.88 Å². The second-order valence-corrected chi connectivity index (χ2v) is 7.83. The Morgan fingerprint density at radius 3 is 2.59 bits per heavy atom. The Kier molecular flexibility index (Phi) is 7.00. The highest BCUT2D eigenvalue weighted by Gasteiger charge is 2.27. The molecular formula is C21H23NO6S. The molecular weight excluding hydrogens is 394 g/mol. The first kappa shape index (κ1) is 21.0. The fourth-order valence-electron chi connectivity index (χ4n) is 3.30. The van der Waals surface area contributed by atoms with Gasteiger partial charge in [0.2, 0.25) is 0 Å². The molecule has 0 unspecified atom stereocenters. The third kappa shape index (κ3) is 5.02. The molecule has 29 heavy (non-hydrogen) atoms. The van der Waals surface area contributed by atoms with Crippen molar-refractivity contribution in [3.05, 3.63) is 51.9 Å². The van der Waals surface area contributed by atoms with Crippen LogP contribution in [0.25, 0.3) is 0 Å². The second-order valence-electron chi connectivity index (χ2n) is 6.73. The van der Waals surface area contributed by atoms with Gasteiger partial charge in [-0.25, -0.2) is 9.59 Å². The smallest absolute Gasteiger partial charge is 0.341 e. The van der Waals surface area contributed by atoms with Crippen molar-refractivity contribution in [3.8, 4) is 0 Å². The standard InChI is InChI=1S/C21H23NO6S/c1-27-20(25)17-14-10-6-3-7-11-15(14)29-19(17)22-16(23)12-28-21(26)18(24)13-8-4-2-5-9-13/h2,4-5,8-9,18,24H,3,6-7,10-12H2,1H3,(H,22,23)/t18-/m1/s1. The third-order valence-electron chi connectivity index (χ3n) is 4.75. The summed E-state index contributed by atoms with van der Waals surface area (Å²) < 4.78 is 9.83. The molecule has 1 aliphatic carbocycles. The normalized spacial score (nSPS) is 14.3. The van der Waals surface area contributed by atoms with Gasteiger partial charge >= 0.3 is 11.9 Å². The van der Waals surface area contributed by atoms with Crippen molar-refractivity contribution < 1.29 is 29.0 Å². The van der Waals surface area contributed by atoms with Crippen LogP contribution in [0.3, 0.4) is 0 Å². The molecule has 2 N–H and O–H groups in total. The maximum Gasteiger partial charge on any atom is 0.341 e. The minimum Gasteiger partial charge on any atom is -0.465 e. The van der Waals surface area contributed by atoms with Crippen molar-refractivity contribution in [2.45, 2.75) is 38.2 Å². The van der Waals surface area contributed by atoms with E-state index in [1.807, 2.05) is 0 Å². The van der Waals surface area contributed by atoms with Crippen molar-refractivity contribution in [1.29, 1.82) is 0 Å². The molecule has 0 bridgehead atoms. The minimum atomic E-state index is -1.47. The minimum absolute atomic E-state index is 0.382. The number of carbonyl (C=O) groups excluding carboxylic acids is 3. The number of benzene rings is 1. The fourth-order valence-corrected chi connectivity index (χ4v) is 4.59. The Hall–Kier alpha value is -2.71. The zero-order valence-electron chi connectivity index (χ0n) is 16.1. The molecule has 1 heterocycles. The zero-order valence-corrected chi connectivity index (χ0v) is 16.9. The molecule has 1 aromatic carbocycles. The van der Waals surface area contributed by atoms with E-state index in [9.17, 15) is 19.5 Å². The Labute approximate surface area is 172 Å². The first-order chi connectivity index (χ1) is 14.0. The van der Waals surface area contributed by atoms with Gasteiger partial charge in [-0.2, -0.15) is 0 Å². The number of hydrogen-bond donors (Lipinski definition) is 2. The highest BCUT2D eigenvalue weighted by atomic mass is 32.1. The maximum atomic E-state index is 12.3. The summed E-state index contributed by atoms with van der Waals surface area (Å²) in [5.74, 6) is -1.99. The highest BCUT2D eigenvalue weighted by Crippen LogP contribution is 2.37. The Morgan fingerprint density at radius 1 is 1.14 bits per heavy atom. The van der Waals surface area contributed by atoms with Gasteiger partial charge in [-0.15, -0.1) is 11.3 Å². The molecule has 7 nitrogen and oxygen atoms in total. The molecule has 0 saturated carbocycles. The largest absolute Gasteiger partial charge is 0.465 e. The lowest BCUT2D eigenvalue weighted by molar-refractivity contribution is -0.156. The summed E-state index contributed by atoms with van der Waals surface area (Å²) in [6, 6.07) is 8.32. The summed E-state index contributed by atoms with van der Waals surface area (Å²) in [6.07, 6.45) is 3.28. The summed E-state index contributed by atoms with van der Waals surface area (Å²) in [5.41, 5.74) is 1.71. The van der Waals surface area contributed by atoms with E-state index in [2.05, 4.69) is 5.32 Å². The SMILES string of the molecule is COC(=O)c1c(NC(=O)COC(=O)[C@H](O)c2ccccc2)sc2c1CCCCC2. The van der Waals surface area contributed by atoms with Crippen molar-refractivity contribution in [2.75, 3.05) is 19.0 Å². The predicted molar refractivity (Wildman–Crippen MR) is 108 cm³/mol. The summed E-state index contributed by atoms with van der Waals surface area (Å²) in [5, 5.41) is 13.1. The number of aliphatic hydroxyl groups is 1. The number of aryl methyl sites for hydroxylation is 1. The van der Waals surface area contributed by atoms with Crippen LogP contribution in [-0.4, -0.2) is 36.7 Å². The molecule has 3 rings (SSSR count). The monoisotopic (exact) mass is 417 g/mol. The predicted octanol–water partition coefficient (Wildman–Crippen LogP) is 3.02. The highest BCUT2D eigenvalue weighted by molar-refractivity contribution is 7.17. The molecule has 0 aliphatic heterocycles. The molecule has 0 radical (unpaired) electrons. The fraction of sp³-hybridized carbons (Fsp3) is 0.381. The van der Waals surface area contributed by atoms with Crippen molar-refractivity contribution in [1.82, 2.24) is 0 Å². The van der Waals surface area contributed by atoms with Crippen LogP contribution in [0.5, 0.6) is 0 Å². The van der Waals surface area contributed by atoms with E-state index in [1.54, 1.807) is 30.3 Å². The van der Waals surface area contributed by atoms with E-state index >= 15 is 0 Å². The van der Waals surface area contributed by atoms with Crippen LogP contribution in [0.2, 0.25) is 0 Å². The first-order valence-electron chi connectivity index (χ1n) is 9.43. The average molecular weight is 417 g/mol. The molecule has 0 spiro atoms. The Bertz CT molecular complexity index is 892. The number of methoxy groups -OCH3 is 1. The lowest BCUT2D eigenvalue weighted by atomic mass is 10.1. The van der Waals surface area contributed by atoms with E-state index in [1.165, 1.54) is 18.4 Å². The number of esters is 2. The van der Waals surface area contributed by atoms with E-state index in [0.29, 0.717) is 16.1 Å². The third-order valence-corrected chi connectivity index (χ3v) is 5.96. The average Bonchev–Trinajstić information content (AvgIpc) is 2.91. The summed E-state index contributed by atoms with van der Waals surface area (Å²) in [4.78, 5) is 37.7. The number of amides is 1. The summed E-state index contributed by atoms with van der Waals surface area (Å²) in [6.45, 7) is -0.564. The first-order valence-corrected chi connectivity index (χ1v) is 10.2. The number of nitrogens with one attached hydrogen (secondary N) is 1. The van der Waals surface area contributed by atoms with Crippen LogP contribution in [0, 0.1) is 0 Å². The lowest BCUT2D eigenvalue weighted by Crippen LogP contribution is -2.24. The molecule has 8 heteroatoms. The number of thiophene rings is 1. The van der Waals surface area contributed by atoms with Crippen LogP contribution < -0.4 is 5.32 Å². The molecule has 2 aromatic rings. The number of anilines is 1. The molecule has 1 amide bonds. The van der Waals surface area contributed by atoms with E-state index in [4.69, 9.17) is 9.47 Å². The van der Waals surface area contributed by atoms with Crippen molar-refractivity contribution >= 4 is 34.2 Å². The van der Waals surface area contributed by atoms with Gasteiger partial charge in [0.15, 0.2) is 12.7 Å². The van der Waals surface area contributed by atoms with Gasteiger partial charge < -0.3 is 19.9 Å². The van der Waals surface area contributed by atoms with E-state index in [-0.39, 0.29) is 0 Å². The number of hydrogen-bond acceptors (Lipinski definition) is 7. The van der Waals surface area contributed by atoms with Crippen molar-refractivity contribution in [3.63, 3.8) is 0 Å². The van der Waals surface area contributed by atoms with E-state index in [0.717, 1.165) is 42.5 Å². The van der Waals surface area contributed by atoms with Crippen LogP contribution in [0.1, 0.15) is 51.7 Å². The number of rotatable bonds is 6. The molecule has 1 aromatic heterocycles. The van der Waals surface area contributed by atoms with E-state index < -0.39 is 30.6 Å². The zero-order chi connectivity index (χ0) is 20.8. The molecule has 0 saturated heterocycles. The van der Waals surface area contributed by atoms with Crippen LogP contribution in [0.15, 0.2) is 30.3 Å². The van der Waals surface area contributed by atoms with Gasteiger partial charge in [-0.05, 0) is 36.8 Å². The Morgan fingerprint density at radius 2 is 1.86 bits per heavy atom. The van der Waals surface area contributed by atoms with Crippen LogP contribution in [-0.2, 0) is 31.9 Å². The van der Waals surface area contributed by atoms with Gasteiger partial charge in [-0.1, -0.05) is 36.8 Å². The quantitative estimate of drug-likeness (QED) is 0.553. The lowest BCUT2D eigenvalue weighted by Gasteiger charge is -2.11. The number of aliphatic hydroxyl groups excluding tert-OH is 1. The van der Waals surface area contributed by atoms with Gasteiger partial charge in [0.05, 0.1) is 12.7 Å². The number of ether oxygens (including phenoxy) is 2. The van der Waals surface area contributed by atoms with Gasteiger partial charge in [0.25, 0.3) is 5.91 Å². The van der Waals surface area contributed by atoms with Crippen LogP contribution in [0.4, 0.5) is 5.00 Å². The second kappa shape index (κ2) is 9.67. The molecule has 154 valence electrons. The van der Waals surface area contributed by atoms with Gasteiger partial charge in [-0.3, -0.25) is 4.79 Å². The molecule has 0 fully saturated rings. The van der Waals surface area contributed by atoms with Crippen molar-refractivity contribution in [2.24, 2.45) is 0 Å². The summed E-state index contributed by atoms with van der Waals surface area (Å²) in [7, 11) is 1.31. The van der Waals surface area contributed by atoms with Gasteiger partial charge in [0.1, 0.15) is 5.00 Å². The molecule has 1 aliphatic rings.